The molecule has 2 aliphatic heterocycles. The largest absolute Gasteiger partial charge is 0.377 e. The normalized spacial score (nSPS) is 32.1. The molecule has 0 spiro atoms. The van der Waals surface area contributed by atoms with Crippen LogP contribution in [0.4, 0.5) is 0 Å². The molecule has 2 rings (SSSR count). The summed E-state index contributed by atoms with van der Waals surface area (Å²) in [4.78, 5) is 2.57. The summed E-state index contributed by atoms with van der Waals surface area (Å²) in [5.41, 5.74) is 0. The third kappa shape index (κ3) is 3.72. The topological polar surface area (TPSA) is 24.5 Å². The monoisotopic (exact) mass is 226 g/mol. The number of nitrogens with zero attached hydrogens (tertiary/aromatic N) is 1. The van der Waals surface area contributed by atoms with Gasteiger partial charge in [-0.2, -0.15) is 0 Å². The minimum atomic E-state index is 0.513. The van der Waals surface area contributed by atoms with Crippen LogP contribution in [0.25, 0.3) is 0 Å². The zero-order valence-electron chi connectivity index (χ0n) is 10.6. The van der Waals surface area contributed by atoms with Gasteiger partial charge < -0.3 is 10.1 Å². The highest BCUT2D eigenvalue weighted by Crippen LogP contribution is 2.16. The Morgan fingerprint density at radius 3 is 3.00 bits per heavy atom. The minimum absolute atomic E-state index is 0.513. The smallest absolute Gasteiger partial charge is 0.0702 e. The maximum absolute atomic E-state index is 5.79. The number of hydrogen-bond acceptors (Lipinski definition) is 3. The van der Waals surface area contributed by atoms with E-state index in [0.717, 1.165) is 19.2 Å². The average molecular weight is 226 g/mol. The number of ether oxygens (including phenoxy) is 1. The van der Waals surface area contributed by atoms with Crippen LogP contribution < -0.4 is 5.32 Å². The Morgan fingerprint density at radius 2 is 2.25 bits per heavy atom. The molecule has 2 unspecified atom stereocenters. The number of nitrogens with one attached hydrogen (secondary N) is 1. The molecular formula is C13H26N2O. The molecule has 0 aromatic carbocycles. The summed E-state index contributed by atoms with van der Waals surface area (Å²) in [6.45, 7) is 8.01. The van der Waals surface area contributed by atoms with Crippen LogP contribution in [-0.2, 0) is 4.74 Å². The van der Waals surface area contributed by atoms with E-state index < -0.39 is 0 Å². The van der Waals surface area contributed by atoms with Gasteiger partial charge in [0.2, 0.25) is 0 Å². The number of rotatable bonds is 5. The van der Waals surface area contributed by atoms with Gasteiger partial charge in [-0.1, -0.05) is 6.92 Å². The van der Waals surface area contributed by atoms with Crippen LogP contribution in [0, 0.1) is 0 Å². The second-order valence-corrected chi connectivity index (χ2v) is 5.19. The van der Waals surface area contributed by atoms with Crippen LogP contribution in [0.5, 0.6) is 0 Å². The van der Waals surface area contributed by atoms with Crippen molar-refractivity contribution in [2.75, 3.05) is 32.8 Å². The number of likely N-dealkylation sites (tertiary alicyclic amines) is 1. The maximum atomic E-state index is 5.79. The van der Waals surface area contributed by atoms with Crippen LogP contribution in [0.2, 0.25) is 0 Å². The Kier molecular flexibility index (Phi) is 5.07. The van der Waals surface area contributed by atoms with Crippen molar-refractivity contribution < 1.29 is 4.74 Å². The molecule has 2 aliphatic rings. The molecule has 0 radical (unpaired) electrons. The van der Waals surface area contributed by atoms with E-state index in [1.807, 2.05) is 0 Å². The van der Waals surface area contributed by atoms with Crippen molar-refractivity contribution in [2.24, 2.45) is 0 Å². The van der Waals surface area contributed by atoms with Crippen molar-refractivity contribution >= 4 is 0 Å². The van der Waals surface area contributed by atoms with Gasteiger partial charge in [-0.3, -0.25) is 4.90 Å². The molecule has 2 heterocycles. The molecule has 3 heteroatoms. The molecular weight excluding hydrogens is 200 g/mol. The van der Waals surface area contributed by atoms with Gasteiger partial charge in [-0.15, -0.1) is 0 Å². The fraction of sp³-hybridized carbons (Fsp3) is 1.00. The Morgan fingerprint density at radius 1 is 1.31 bits per heavy atom. The third-order valence-corrected chi connectivity index (χ3v) is 3.69. The van der Waals surface area contributed by atoms with Gasteiger partial charge in [0.1, 0.15) is 0 Å². The quantitative estimate of drug-likeness (QED) is 0.771. The lowest BCUT2D eigenvalue weighted by atomic mass is 10.1. The van der Waals surface area contributed by atoms with Gasteiger partial charge in [0.15, 0.2) is 0 Å². The summed E-state index contributed by atoms with van der Waals surface area (Å²) >= 11 is 0. The van der Waals surface area contributed by atoms with E-state index in [9.17, 15) is 0 Å². The Bertz CT molecular complexity index is 192. The fourth-order valence-electron chi connectivity index (χ4n) is 2.75. The highest BCUT2D eigenvalue weighted by molar-refractivity contribution is 4.82. The first-order valence-corrected chi connectivity index (χ1v) is 6.96. The van der Waals surface area contributed by atoms with Gasteiger partial charge in [-0.05, 0) is 45.2 Å². The van der Waals surface area contributed by atoms with E-state index in [0.29, 0.717) is 6.10 Å². The lowest BCUT2D eigenvalue weighted by Gasteiger charge is -2.27. The molecule has 2 fully saturated rings. The van der Waals surface area contributed by atoms with Crippen molar-refractivity contribution in [2.45, 2.75) is 51.2 Å². The van der Waals surface area contributed by atoms with Crippen molar-refractivity contribution in [3.8, 4) is 0 Å². The lowest BCUT2D eigenvalue weighted by Crippen LogP contribution is -2.37. The average Bonchev–Trinajstić information content (AvgIpc) is 2.75. The molecule has 0 aliphatic carbocycles. The molecule has 0 amide bonds. The lowest BCUT2D eigenvalue weighted by molar-refractivity contribution is -0.00212. The second kappa shape index (κ2) is 6.58. The molecule has 16 heavy (non-hydrogen) atoms. The predicted octanol–water partition coefficient (Wildman–Crippen LogP) is 1.63. The van der Waals surface area contributed by atoms with Crippen LogP contribution >= 0.6 is 0 Å². The van der Waals surface area contributed by atoms with Gasteiger partial charge in [0.25, 0.3) is 0 Å². The van der Waals surface area contributed by atoms with Crippen molar-refractivity contribution in [1.29, 1.82) is 0 Å². The summed E-state index contributed by atoms with van der Waals surface area (Å²) in [5.74, 6) is 0. The van der Waals surface area contributed by atoms with E-state index in [-0.39, 0.29) is 0 Å². The maximum Gasteiger partial charge on any atom is 0.0702 e. The SMILES string of the molecule is CCCNC1CCN(CC2CCCCO2)C1. The molecule has 2 saturated heterocycles. The highest BCUT2D eigenvalue weighted by atomic mass is 16.5. The van der Waals surface area contributed by atoms with Gasteiger partial charge in [-0.25, -0.2) is 0 Å². The zero-order chi connectivity index (χ0) is 11.2. The van der Waals surface area contributed by atoms with E-state index in [1.165, 1.54) is 51.7 Å². The van der Waals surface area contributed by atoms with Gasteiger partial charge >= 0.3 is 0 Å². The van der Waals surface area contributed by atoms with Crippen molar-refractivity contribution in [1.82, 2.24) is 10.2 Å². The minimum Gasteiger partial charge on any atom is -0.377 e. The zero-order valence-corrected chi connectivity index (χ0v) is 10.6. The summed E-state index contributed by atoms with van der Waals surface area (Å²) in [6.07, 6.45) is 6.95. The molecule has 0 aromatic heterocycles. The van der Waals surface area contributed by atoms with Crippen LogP contribution in [-0.4, -0.2) is 49.8 Å². The molecule has 3 nitrogen and oxygen atoms in total. The summed E-state index contributed by atoms with van der Waals surface area (Å²) in [5, 5.41) is 3.62. The molecule has 0 bridgehead atoms. The first-order chi connectivity index (χ1) is 7.88. The summed E-state index contributed by atoms with van der Waals surface area (Å²) in [6, 6.07) is 0.726. The van der Waals surface area contributed by atoms with Gasteiger partial charge in [0, 0.05) is 25.7 Å². The molecule has 94 valence electrons. The molecule has 0 saturated carbocycles. The summed E-state index contributed by atoms with van der Waals surface area (Å²) in [7, 11) is 0. The first kappa shape index (κ1) is 12.3. The third-order valence-electron chi connectivity index (χ3n) is 3.69. The van der Waals surface area contributed by atoms with E-state index in [4.69, 9.17) is 4.74 Å². The second-order valence-electron chi connectivity index (χ2n) is 5.19. The van der Waals surface area contributed by atoms with Gasteiger partial charge in [0.05, 0.1) is 6.10 Å². The van der Waals surface area contributed by atoms with Crippen molar-refractivity contribution in [3.05, 3.63) is 0 Å². The predicted molar refractivity (Wildman–Crippen MR) is 66.7 cm³/mol. The van der Waals surface area contributed by atoms with Crippen LogP contribution in [0.15, 0.2) is 0 Å². The standard InChI is InChI=1S/C13H26N2O/c1-2-7-14-12-6-8-15(10-12)11-13-5-3-4-9-16-13/h12-14H,2-11H2,1H3. The van der Waals surface area contributed by atoms with Crippen molar-refractivity contribution in [3.63, 3.8) is 0 Å². The molecule has 1 N–H and O–H groups in total. The fourth-order valence-corrected chi connectivity index (χ4v) is 2.75. The Balaban J connectivity index is 1.63. The van der Waals surface area contributed by atoms with E-state index in [1.54, 1.807) is 0 Å². The van der Waals surface area contributed by atoms with Crippen LogP contribution in [0.1, 0.15) is 39.0 Å². The first-order valence-electron chi connectivity index (χ1n) is 6.96. The van der Waals surface area contributed by atoms with E-state index in [2.05, 4.69) is 17.1 Å². The molecule has 0 aromatic rings. The Labute approximate surface area is 99.5 Å². The number of hydrogen-bond donors (Lipinski definition) is 1. The highest BCUT2D eigenvalue weighted by Gasteiger charge is 2.25. The van der Waals surface area contributed by atoms with Crippen LogP contribution in [0.3, 0.4) is 0 Å². The van der Waals surface area contributed by atoms with E-state index >= 15 is 0 Å². The Hall–Kier alpha value is -0.120. The summed E-state index contributed by atoms with van der Waals surface area (Å²) < 4.78 is 5.79. The molecule has 2 atom stereocenters.